The zero-order valence-corrected chi connectivity index (χ0v) is 13.0. The first kappa shape index (κ1) is 14.2. The van der Waals surface area contributed by atoms with Gasteiger partial charge in [0.05, 0.1) is 24.4 Å². The molecule has 4 rings (SSSR count). The van der Waals surface area contributed by atoms with Crippen molar-refractivity contribution in [3.63, 3.8) is 0 Å². The smallest absolute Gasteiger partial charge is 0.168 e. The molecule has 24 heavy (non-hydrogen) atoms. The van der Waals surface area contributed by atoms with E-state index in [2.05, 4.69) is 20.4 Å². The van der Waals surface area contributed by atoms with Gasteiger partial charge in [0.15, 0.2) is 5.65 Å². The first-order valence-electron chi connectivity index (χ1n) is 7.50. The van der Waals surface area contributed by atoms with Crippen LogP contribution >= 0.6 is 0 Å². The third-order valence-corrected chi connectivity index (χ3v) is 3.72. The Morgan fingerprint density at radius 1 is 0.958 bits per heavy atom. The lowest BCUT2D eigenvalue weighted by atomic mass is 10.3. The second-order valence-corrected chi connectivity index (χ2v) is 5.20. The standard InChI is InChI=1S/C18H15N5O/c1-24-15-9-7-14(8-10-15)23-18-16(11-21-23)17(19-12-20-18)22-13-5-3-2-4-6-13/h2-12H,1H3,(H,19,20,22). The number of methoxy groups -OCH3 is 1. The molecular formula is C18H15N5O. The van der Waals surface area contributed by atoms with Crippen LogP contribution in [0.5, 0.6) is 5.75 Å². The quantitative estimate of drug-likeness (QED) is 0.623. The Kier molecular flexibility index (Phi) is 3.55. The summed E-state index contributed by atoms with van der Waals surface area (Å²) in [6, 6.07) is 17.6. The number of hydrogen-bond donors (Lipinski definition) is 1. The van der Waals surface area contributed by atoms with Gasteiger partial charge in [0.1, 0.15) is 17.9 Å². The molecule has 0 amide bonds. The summed E-state index contributed by atoms with van der Waals surface area (Å²) in [6.45, 7) is 0. The molecule has 118 valence electrons. The van der Waals surface area contributed by atoms with Crippen LogP contribution in [0.25, 0.3) is 16.7 Å². The molecule has 0 aliphatic heterocycles. The van der Waals surface area contributed by atoms with Crippen LogP contribution in [0, 0.1) is 0 Å². The fraction of sp³-hybridized carbons (Fsp3) is 0.0556. The van der Waals surface area contributed by atoms with Gasteiger partial charge in [0.2, 0.25) is 0 Å². The predicted molar refractivity (Wildman–Crippen MR) is 92.9 cm³/mol. The van der Waals surface area contributed by atoms with Crippen molar-refractivity contribution in [3.05, 3.63) is 67.1 Å². The van der Waals surface area contributed by atoms with Crippen LogP contribution in [0.4, 0.5) is 11.5 Å². The van der Waals surface area contributed by atoms with E-state index < -0.39 is 0 Å². The van der Waals surface area contributed by atoms with Gasteiger partial charge in [-0.05, 0) is 36.4 Å². The summed E-state index contributed by atoms with van der Waals surface area (Å²) in [4.78, 5) is 8.72. The van der Waals surface area contributed by atoms with Gasteiger partial charge in [-0.1, -0.05) is 18.2 Å². The van der Waals surface area contributed by atoms with Gasteiger partial charge < -0.3 is 10.1 Å². The highest BCUT2D eigenvalue weighted by Crippen LogP contribution is 2.25. The van der Waals surface area contributed by atoms with Crippen LogP contribution in [0.2, 0.25) is 0 Å². The number of fused-ring (bicyclic) bond motifs is 1. The van der Waals surface area contributed by atoms with Crippen molar-refractivity contribution in [2.24, 2.45) is 0 Å². The predicted octanol–water partition coefficient (Wildman–Crippen LogP) is 3.57. The minimum absolute atomic E-state index is 0.728. The number of nitrogens with zero attached hydrogens (tertiary/aromatic N) is 4. The number of para-hydroxylation sites is 1. The van der Waals surface area contributed by atoms with Crippen LogP contribution in [-0.4, -0.2) is 26.9 Å². The molecule has 6 heteroatoms. The molecule has 0 aliphatic rings. The lowest BCUT2D eigenvalue weighted by molar-refractivity contribution is 0.414. The van der Waals surface area contributed by atoms with Crippen molar-refractivity contribution in [1.29, 1.82) is 0 Å². The molecule has 2 aromatic heterocycles. The number of nitrogens with one attached hydrogen (secondary N) is 1. The Bertz CT molecular complexity index is 964. The molecule has 0 fully saturated rings. The highest BCUT2D eigenvalue weighted by molar-refractivity contribution is 5.89. The van der Waals surface area contributed by atoms with E-state index >= 15 is 0 Å². The highest BCUT2D eigenvalue weighted by Gasteiger charge is 2.11. The SMILES string of the molecule is COc1ccc(-n2ncc3c(Nc4ccccc4)ncnc32)cc1. The Balaban J connectivity index is 1.75. The molecule has 0 aliphatic carbocycles. The molecule has 0 atom stereocenters. The number of ether oxygens (including phenoxy) is 1. The minimum atomic E-state index is 0.728. The van der Waals surface area contributed by atoms with Gasteiger partial charge in [-0.2, -0.15) is 5.10 Å². The lowest BCUT2D eigenvalue weighted by Gasteiger charge is -2.07. The topological polar surface area (TPSA) is 64.9 Å². The highest BCUT2D eigenvalue weighted by atomic mass is 16.5. The van der Waals surface area contributed by atoms with Gasteiger partial charge in [0, 0.05) is 5.69 Å². The molecule has 0 spiro atoms. The van der Waals surface area contributed by atoms with Crippen LogP contribution < -0.4 is 10.1 Å². The number of hydrogen-bond acceptors (Lipinski definition) is 5. The number of aromatic nitrogens is 4. The first-order chi connectivity index (χ1) is 11.8. The van der Waals surface area contributed by atoms with Crippen molar-refractivity contribution < 1.29 is 4.74 Å². The molecule has 2 aromatic carbocycles. The van der Waals surface area contributed by atoms with E-state index in [9.17, 15) is 0 Å². The summed E-state index contributed by atoms with van der Waals surface area (Å²) in [7, 11) is 1.65. The van der Waals surface area contributed by atoms with Crippen molar-refractivity contribution >= 4 is 22.5 Å². The van der Waals surface area contributed by atoms with Crippen LogP contribution in [0.3, 0.4) is 0 Å². The maximum atomic E-state index is 5.19. The van der Waals surface area contributed by atoms with Crippen molar-refractivity contribution in [3.8, 4) is 11.4 Å². The molecule has 2 heterocycles. The monoisotopic (exact) mass is 317 g/mol. The largest absolute Gasteiger partial charge is 0.497 e. The summed E-state index contributed by atoms with van der Waals surface area (Å²) in [5, 5.41) is 8.62. The average molecular weight is 317 g/mol. The number of anilines is 2. The minimum Gasteiger partial charge on any atom is -0.497 e. The summed E-state index contributed by atoms with van der Waals surface area (Å²) < 4.78 is 6.98. The van der Waals surface area contributed by atoms with Crippen LogP contribution in [0.15, 0.2) is 67.1 Å². The van der Waals surface area contributed by atoms with Gasteiger partial charge in [-0.15, -0.1) is 0 Å². The Labute approximate surface area is 138 Å². The van der Waals surface area contributed by atoms with E-state index in [4.69, 9.17) is 4.74 Å². The first-order valence-corrected chi connectivity index (χ1v) is 7.50. The Morgan fingerprint density at radius 3 is 2.50 bits per heavy atom. The van der Waals surface area contributed by atoms with E-state index in [1.54, 1.807) is 18.0 Å². The van der Waals surface area contributed by atoms with Gasteiger partial charge in [0.25, 0.3) is 0 Å². The van der Waals surface area contributed by atoms with E-state index in [-0.39, 0.29) is 0 Å². The summed E-state index contributed by atoms with van der Waals surface area (Å²) in [5.74, 6) is 1.53. The fourth-order valence-electron chi connectivity index (χ4n) is 2.51. The molecule has 0 saturated carbocycles. The van der Waals surface area contributed by atoms with Crippen molar-refractivity contribution in [1.82, 2.24) is 19.7 Å². The normalized spacial score (nSPS) is 10.7. The summed E-state index contributed by atoms with van der Waals surface area (Å²) >= 11 is 0. The van der Waals surface area contributed by atoms with Gasteiger partial charge >= 0.3 is 0 Å². The number of benzene rings is 2. The molecule has 0 unspecified atom stereocenters. The maximum Gasteiger partial charge on any atom is 0.168 e. The molecule has 6 nitrogen and oxygen atoms in total. The molecule has 4 aromatic rings. The third-order valence-electron chi connectivity index (χ3n) is 3.72. The lowest BCUT2D eigenvalue weighted by Crippen LogP contribution is -1.99. The van der Waals surface area contributed by atoms with Crippen LogP contribution in [0.1, 0.15) is 0 Å². The van der Waals surface area contributed by atoms with Gasteiger partial charge in [-0.25, -0.2) is 14.6 Å². The van der Waals surface area contributed by atoms with E-state index in [0.717, 1.165) is 34.0 Å². The Hall–Kier alpha value is -3.41. The molecule has 0 bridgehead atoms. The Morgan fingerprint density at radius 2 is 1.75 bits per heavy atom. The second-order valence-electron chi connectivity index (χ2n) is 5.20. The zero-order valence-electron chi connectivity index (χ0n) is 13.0. The number of rotatable bonds is 4. The van der Waals surface area contributed by atoms with Gasteiger partial charge in [-0.3, -0.25) is 0 Å². The van der Waals surface area contributed by atoms with E-state index in [1.165, 1.54) is 6.33 Å². The molecule has 0 saturated heterocycles. The van der Waals surface area contributed by atoms with Crippen LogP contribution in [-0.2, 0) is 0 Å². The molecule has 0 radical (unpaired) electrons. The summed E-state index contributed by atoms with van der Waals surface area (Å²) in [5.41, 5.74) is 2.62. The molecular weight excluding hydrogens is 302 g/mol. The van der Waals surface area contributed by atoms with E-state index in [1.807, 2.05) is 54.6 Å². The second kappa shape index (κ2) is 6.00. The average Bonchev–Trinajstić information content (AvgIpc) is 3.08. The zero-order chi connectivity index (χ0) is 16.4. The molecule has 1 N–H and O–H groups in total. The van der Waals surface area contributed by atoms with Crippen molar-refractivity contribution in [2.75, 3.05) is 12.4 Å². The van der Waals surface area contributed by atoms with E-state index in [0.29, 0.717) is 0 Å². The van der Waals surface area contributed by atoms with Crippen molar-refractivity contribution in [2.45, 2.75) is 0 Å². The third kappa shape index (κ3) is 2.54. The maximum absolute atomic E-state index is 5.19. The summed E-state index contributed by atoms with van der Waals surface area (Å²) in [6.07, 6.45) is 3.31. The fourth-order valence-corrected chi connectivity index (χ4v) is 2.51.